The molecule has 2 aliphatic heterocycles. The van der Waals surface area contributed by atoms with E-state index < -0.39 is 0 Å². The van der Waals surface area contributed by atoms with Gasteiger partial charge in [0.25, 0.3) is 0 Å². The molecule has 1 amide bonds. The van der Waals surface area contributed by atoms with E-state index in [1.54, 1.807) is 0 Å². The second-order valence-electron chi connectivity index (χ2n) is 11.5. The van der Waals surface area contributed by atoms with Gasteiger partial charge in [-0.3, -0.25) is 9.69 Å². The van der Waals surface area contributed by atoms with Crippen molar-refractivity contribution in [2.24, 2.45) is 5.41 Å². The lowest BCUT2D eigenvalue weighted by Gasteiger charge is -2.56. The van der Waals surface area contributed by atoms with E-state index >= 15 is 0 Å². The van der Waals surface area contributed by atoms with Crippen molar-refractivity contribution in [3.05, 3.63) is 83.2 Å². The van der Waals surface area contributed by atoms with Gasteiger partial charge in [0.1, 0.15) is 0 Å². The molecule has 5 nitrogen and oxygen atoms in total. The second-order valence-corrected chi connectivity index (χ2v) is 11.5. The topological polar surface area (TPSA) is 49.3 Å². The van der Waals surface area contributed by atoms with Crippen LogP contribution >= 0.6 is 0 Å². The number of hydrogen-bond donors (Lipinski definition) is 0. The molecule has 1 aromatic heterocycles. The van der Waals surface area contributed by atoms with Crippen LogP contribution in [0.3, 0.4) is 0 Å². The number of aryl methyl sites for hydroxylation is 1. The fourth-order valence-electron chi connectivity index (χ4n) is 6.75. The maximum atomic E-state index is 13.0. The molecule has 4 aliphatic rings. The fraction of sp³-hybridized carbons (Fsp3) is 0.452. The van der Waals surface area contributed by atoms with Crippen LogP contribution in [0.4, 0.5) is 0 Å². The van der Waals surface area contributed by atoms with Crippen LogP contribution in [0.5, 0.6) is 0 Å². The Bertz CT molecular complexity index is 1250. The molecule has 2 aromatic carbocycles. The highest BCUT2D eigenvalue weighted by Crippen LogP contribution is 2.48. The quantitative estimate of drug-likeness (QED) is 0.507. The van der Waals surface area contributed by atoms with Crippen molar-refractivity contribution < 1.29 is 4.79 Å². The van der Waals surface area contributed by atoms with Crippen LogP contribution in [0.2, 0.25) is 0 Å². The molecule has 1 spiro atoms. The van der Waals surface area contributed by atoms with Crippen molar-refractivity contribution in [1.29, 1.82) is 0 Å². The van der Waals surface area contributed by atoms with Crippen LogP contribution in [0.15, 0.2) is 60.9 Å². The van der Waals surface area contributed by atoms with E-state index in [-0.39, 0.29) is 0 Å². The Labute approximate surface area is 213 Å². The van der Waals surface area contributed by atoms with E-state index in [9.17, 15) is 4.79 Å². The molecule has 0 radical (unpaired) electrons. The lowest BCUT2D eigenvalue weighted by molar-refractivity contribution is -0.136. The summed E-state index contributed by atoms with van der Waals surface area (Å²) in [5.41, 5.74) is 7.06. The van der Waals surface area contributed by atoms with Gasteiger partial charge in [-0.2, -0.15) is 0 Å². The van der Waals surface area contributed by atoms with Crippen LogP contribution < -0.4 is 0 Å². The van der Waals surface area contributed by atoms with Crippen molar-refractivity contribution in [3.8, 4) is 11.4 Å². The summed E-state index contributed by atoms with van der Waals surface area (Å²) >= 11 is 0. The van der Waals surface area contributed by atoms with Crippen LogP contribution in [-0.4, -0.2) is 51.9 Å². The first-order valence-electron chi connectivity index (χ1n) is 13.7. The highest BCUT2D eigenvalue weighted by Gasteiger charge is 2.48. The van der Waals surface area contributed by atoms with Gasteiger partial charge in [0.2, 0.25) is 5.91 Å². The molecular formula is C31H34N4O. The average molecular weight is 479 g/mol. The van der Waals surface area contributed by atoms with E-state index in [1.807, 2.05) is 18.5 Å². The number of fused-ring (bicyclic) bond motifs is 1. The van der Waals surface area contributed by atoms with Crippen LogP contribution in [0, 0.1) is 5.41 Å². The summed E-state index contributed by atoms with van der Waals surface area (Å²) in [5, 5.41) is 0. The van der Waals surface area contributed by atoms with Gasteiger partial charge < -0.3 is 4.90 Å². The minimum atomic E-state index is 0.295. The molecular weight excluding hydrogens is 444 g/mol. The minimum absolute atomic E-state index is 0.295. The Hall–Kier alpha value is -3.05. The van der Waals surface area contributed by atoms with Crippen molar-refractivity contribution in [2.75, 3.05) is 26.2 Å². The summed E-state index contributed by atoms with van der Waals surface area (Å²) < 4.78 is 0. The normalized spacial score (nSPS) is 22.9. The maximum Gasteiger partial charge on any atom is 0.226 e. The van der Waals surface area contributed by atoms with Crippen molar-refractivity contribution in [3.63, 3.8) is 0 Å². The van der Waals surface area contributed by atoms with Gasteiger partial charge in [-0.05, 0) is 84.2 Å². The smallest absolute Gasteiger partial charge is 0.226 e. The SMILES string of the molecule is O=C(Cc1ccc(C2CC2)cc1)N1CCC2(CC1)CN(C1CCc3cc(-c4ncccn4)ccc31)C2. The first kappa shape index (κ1) is 22.2. The maximum absolute atomic E-state index is 13.0. The summed E-state index contributed by atoms with van der Waals surface area (Å²) in [6.45, 7) is 4.17. The number of aromatic nitrogens is 2. The third kappa shape index (κ3) is 4.13. The number of likely N-dealkylation sites (tertiary alicyclic amines) is 2. The van der Waals surface area contributed by atoms with Crippen molar-refractivity contribution in [2.45, 2.75) is 56.9 Å². The Kier molecular flexibility index (Phi) is 5.42. The minimum Gasteiger partial charge on any atom is -0.342 e. The molecule has 1 atom stereocenters. The zero-order valence-electron chi connectivity index (χ0n) is 20.9. The highest BCUT2D eigenvalue weighted by atomic mass is 16.2. The number of carbonyl (C=O) groups excluding carboxylic acids is 1. The van der Waals surface area contributed by atoms with Crippen molar-refractivity contribution >= 4 is 5.91 Å². The molecule has 3 aromatic rings. The molecule has 0 N–H and O–H groups in total. The van der Waals surface area contributed by atoms with Gasteiger partial charge in [0.15, 0.2) is 5.82 Å². The number of nitrogens with zero attached hydrogens (tertiary/aromatic N) is 4. The number of amides is 1. The molecule has 3 fully saturated rings. The monoisotopic (exact) mass is 478 g/mol. The third-order valence-corrected chi connectivity index (χ3v) is 9.09. The molecule has 1 unspecified atom stereocenters. The van der Waals surface area contributed by atoms with Crippen LogP contribution in [0.25, 0.3) is 11.4 Å². The molecule has 36 heavy (non-hydrogen) atoms. The summed E-state index contributed by atoms with van der Waals surface area (Å²) in [4.78, 5) is 26.6. The van der Waals surface area contributed by atoms with Gasteiger partial charge in [-0.25, -0.2) is 9.97 Å². The molecule has 3 heterocycles. The first-order chi connectivity index (χ1) is 17.7. The van der Waals surface area contributed by atoms with Gasteiger partial charge in [-0.15, -0.1) is 0 Å². The number of carbonyl (C=O) groups is 1. The number of hydrogen-bond acceptors (Lipinski definition) is 4. The predicted molar refractivity (Wildman–Crippen MR) is 140 cm³/mol. The van der Waals surface area contributed by atoms with E-state index in [2.05, 4.69) is 62.2 Å². The number of benzene rings is 2. The zero-order valence-corrected chi connectivity index (χ0v) is 20.9. The molecule has 5 heteroatoms. The fourth-order valence-corrected chi connectivity index (χ4v) is 6.75. The molecule has 2 saturated heterocycles. The number of piperidine rings is 1. The second kappa shape index (κ2) is 8.81. The van der Waals surface area contributed by atoms with Gasteiger partial charge in [0.05, 0.1) is 6.42 Å². The van der Waals surface area contributed by atoms with E-state index in [4.69, 9.17) is 0 Å². The highest BCUT2D eigenvalue weighted by molar-refractivity contribution is 5.79. The van der Waals surface area contributed by atoms with Gasteiger partial charge >= 0.3 is 0 Å². The Morgan fingerprint density at radius 2 is 1.69 bits per heavy atom. The number of rotatable bonds is 5. The Balaban J connectivity index is 0.932. The molecule has 1 saturated carbocycles. The summed E-state index contributed by atoms with van der Waals surface area (Å²) in [6.07, 6.45) is 11.4. The van der Waals surface area contributed by atoms with Gasteiger partial charge in [-0.1, -0.05) is 36.4 Å². The lowest BCUT2D eigenvalue weighted by atomic mass is 9.71. The van der Waals surface area contributed by atoms with E-state index in [0.717, 1.165) is 55.2 Å². The van der Waals surface area contributed by atoms with Crippen LogP contribution in [-0.2, 0) is 17.6 Å². The first-order valence-corrected chi connectivity index (χ1v) is 13.7. The summed E-state index contributed by atoms with van der Waals surface area (Å²) in [6, 6.07) is 18.0. The molecule has 7 rings (SSSR count). The summed E-state index contributed by atoms with van der Waals surface area (Å²) in [7, 11) is 0. The van der Waals surface area contributed by atoms with Crippen LogP contribution in [0.1, 0.15) is 66.3 Å². The van der Waals surface area contributed by atoms with Crippen molar-refractivity contribution in [1.82, 2.24) is 19.8 Å². The Morgan fingerprint density at radius 3 is 2.42 bits per heavy atom. The average Bonchev–Trinajstić information content (AvgIpc) is 3.67. The molecule has 2 aliphatic carbocycles. The van der Waals surface area contributed by atoms with Gasteiger partial charge in [0, 0.05) is 50.2 Å². The summed E-state index contributed by atoms with van der Waals surface area (Å²) in [5.74, 6) is 1.88. The standard InChI is InChI=1S/C31H34N4O/c36-29(18-22-2-4-23(5-3-22)24-6-7-24)34-16-12-31(13-17-34)20-35(21-31)28-11-9-25-19-26(8-10-27(25)28)30-32-14-1-15-33-30/h1-5,8,10,14-15,19,24,28H,6-7,9,11-13,16-18,20-21H2. The zero-order chi connectivity index (χ0) is 24.1. The van der Waals surface area contributed by atoms with E-state index in [0.29, 0.717) is 23.8 Å². The third-order valence-electron chi connectivity index (χ3n) is 9.09. The lowest BCUT2D eigenvalue weighted by Crippen LogP contribution is -2.61. The molecule has 184 valence electrons. The largest absolute Gasteiger partial charge is 0.342 e. The Morgan fingerprint density at radius 1 is 0.944 bits per heavy atom. The molecule has 0 bridgehead atoms. The predicted octanol–water partition coefficient (Wildman–Crippen LogP) is 5.18. The van der Waals surface area contributed by atoms with E-state index in [1.165, 1.54) is 49.0 Å².